The number of nitrogens with one attached hydrogen (secondary N) is 2. The molecule has 0 spiro atoms. The Morgan fingerprint density at radius 2 is 1.96 bits per heavy atom. The van der Waals surface area contributed by atoms with Crippen LogP contribution >= 0.6 is 0 Å². The van der Waals surface area contributed by atoms with Crippen LogP contribution in [0.5, 0.6) is 5.75 Å². The van der Waals surface area contributed by atoms with Crippen LogP contribution in [0.25, 0.3) is 11.3 Å². The molecule has 0 saturated heterocycles. The Kier molecular flexibility index (Phi) is 4.99. The van der Waals surface area contributed by atoms with Crippen molar-refractivity contribution in [2.24, 2.45) is 0 Å². The topological polar surface area (TPSA) is 76.2 Å². The van der Waals surface area contributed by atoms with Crippen molar-refractivity contribution in [2.75, 3.05) is 19.0 Å². The minimum absolute atomic E-state index is 0.341. The Morgan fingerprint density at radius 3 is 2.68 bits per heavy atom. The first kappa shape index (κ1) is 16.6. The molecule has 3 aromatic rings. The van der Waals surface area contributed by atoms with Crippen LogP contribution in [0.3, 0.4) is 0 Å². The second-order valence-corrected chi connectivity index (χ2v) is 5.32. The number of carbonyl (C=O) groups excluding carboxylic acids is 1. The van der Waals surface area contributed by atoms with Crippen LogP contribution in [0.4, 0.5) is 11.5 Å². The lowest BCUT2D eigenvalue weighted by Gasteiger charge is -2.05. The number of aromatic amines is 1. The Morgan fingerprint density at radius 1 is 1.16 bits per heavy atom. The monoisotopic (exact) mass is 337 g/mol. The minimum atomic E-state index is -0.341. The maximum atomic E-state index is 11.8. The third-order valence-electron chi connectivity index (χ3n) is 3.62. The van der Waals surface area contributed by atoms with E-state index in [2.05, 4.69) is 15.5 Å². The molecule has 0 bridgehead atoms. The van der Waals surface area contributed by atoms with E-state index in [1.54, 1.807) is 32.2 Å². The number of benzene rings is 2. The molecule has 128 valence electrons. The maximum absolute atomic E-state index is 11.8. The molecule has 0 fully saturated rings. The Balaban J connectivity index is 1.75. The van der Waals surface area contributed by atoms with Gasteiger partial charge in [-0.15, -0.1) is 0 Å². The van der Waals surface area contributed by atoms with Gasteiger partial charge in [0, 0.05) is 11.8 Å². The summed E-state index contributed by atoms with van der Waals surface area (Å²) in [6.07, 6.45) is 0. The second-order valence-electron chi connectivity index (χ2n) is 5.32. The molecule has 0 aliphatic carbocycles. The van der Waals surface area contributed by atoms with Crippen molar-refractivity contribution in [1.29, 1.82) is 0 Å². The summed E-state index contributed by atoms with van der Waals surface area (Å²) in [7, 11) is 1.64. The number of methoxy groups -OCH3 is 1. The van der Waals surface area contributed by atoms with E-state index in [0.29, 0.717) is 18.0 Å². The van der Waals surface area contributed by atoms with Crippen molar-refractivity contribution in [3.8, 4) is 17.0 Å². The number of esters is 1. The highest BCUT2D eigenvalue weighted by Crippen LogP contribution is 2.24. The lowest BCUT2D eigenvalue weighted by atomic mass is 10.1. The van der Waals surface area contributed by atoms with Gasteiger partial charge in [0.2, 0.25) is 0 Å². The molecular weight excluding hydrogens is 318 g/mol. The molecular formula is C19H19N3O3. The lowest BCUT2D eigenvalue weighted by molar-refractivity contribution is 0.0526. The molecule has 3 rings (SSSR count). The maximum Gasteiger partial charge on any atom is 0.338 e. The number of aromatic nitrogens is 2. The predicted molar refractivity (Wildman–Crippen MR) is 96.3 cm³/mol. The van der Waals surface area contributed by atoms with Gasteiger partial charge < -0.3 is 14.8 Å². The Bertz CT molecular complexity index is 856. The standard InChI is InChI=1S/C19H19N3O3/c1-3-25-19(23)14-5-4-6-15(11-14)20-18-12-17(21-22-18)13-7-9-16(24-2)10-8-13/h4-12H,3H2,1-2H3,(H2,20,21,22). The first-order valence-electron chi connectivity index (χ1n) is 7.93. The normalized spacial score (nSPS) is 10.3. The molecule has 25 heavy (non-hydrogen) atoms. The molecule has 0 radical (unpaired) electrons. The van der Waals surface area contributed by atoms with Crippen LogP contribution in [0.1, 0.15) is 17.3 Å². The van der Waals surface area contributed by atoms with Crippen LogP contribution in [-0.2, 0) is 4.74 Å². The summed E-state index contributed by atoms with van der Waals surface area (Å²) in [5.74, 6) is 1.12. The molecule has 0 atom stereocenters. The first-order chi connectivity index (χ1) is 12.2. The van der Waals surface area contributed by atoms with Crippen LogP contribution < -0.4 is 10.1 Å². The van der Waals surface area contributed by atoms with Gasteiger partial charge in [0.25, 0.3) is 0 Å². The van der Waals surface area contributed by atoms with E-state index >= 15 is 0 Å². The van der Waals surface area contributed by atoms with Gasteiger partial charge in [-0.25, -0.2) is 4.79 Å². The summed E-state index contributed by atoms with van der Waals surface area (Å²) in [4.78, 5) is 11.8. The Hall–Kier alpha value is -3.28. The van der Waals surface area contributed by atoms with Gasteiger partial charge in [-0.1, -0.05) is 6.07 Å². The van der Waals surface area contributed by atoms with E-state index in [-0.39, 0.29) is 5.97 Å². The average Bonchev–Trinajstić information content (AvgIpc) is 3.10. The quantitative estimate of drug-likeness (QED) is 0.665. The fraction of sp³-hybridized carbons (Fsp3) is 0.158. The fourth-order valence-corrected chi connectivity index (χ4v) is 2.39. The molecule has 0 aliphatic heterocycles. The van der Waals surface area contributed by atoms with Crippen molar-refractivity contribution < 1.29 is 14.3 Å². The zero-order chi connectivity index (χ0) is 17.6. The van der Waals surface area contributed by atoms with E-state index in [0.717, 1.165) is 22.7 Å². The molecule has 0 aliphatic rings. The third-order valence-corrected chi connectivity index (χ3v) is 3.62. The fourth-order valence-electron chi connectivity index (χ4n) is 2.39. The molecule has 6 heteroatoms. The smallest absolute Gasteiger partial charge is 0.338 e. The molecule has 2 N–H and O–H groups in total. The van der Waals surface area contributed by atoms with Gasteiger partial charge in [0.15, 0.2) is 5.82 Å². The highest BCUT2D eigenvalue weighted by Gasteiger charge is 2.08. The number of carbonyl (C=O) groups is 1. The first-order valence-corrected chi connectivity index (χ1v) is 7.93. The van der Waals surface area contributed by atoms with E-state index in [9.17, 15) is 4.79 Å². The summed E-state index contributed by atoms with van der Waals surface area (Å²) >= 11 is 0. The predicted octanol–water partition coefficient (Wildman–Crippen LogP) is 4.01. The van der Waals surface area contributed by atoms with Gasteiger partial charge in [0.1, 0.15) is 5.75 Å². The van der Waals surface area contributed by atoms with Crippen molar-refractivity contribution in [3.05, 3.63) is 60.2 Å². The van der Waals surface area contributed by atoms with Gasteiger partial charge in [0.05, 0.1) is 25.0 Å². The molecule has 1 aromatic heterocycles. The molecule has 2 aromatic carbocycles. The summed E-state index contributed by atoms with van der Waals surface area (Å²) in [6.45, 7) is 2.13. The number of nitrogens with zero attached hydrogens (tertiary/aromatic N) is 1. The van der Waals surface area contributed by atoms with Crippen LogP contribution in [-0.4, -0.2) is 29.9 Å². The Labute approximate surface area is 145 Å². The molecule has 0 saturated carbocycles. The van der Waals surface area contributed by atoms with Crippen molar-refractivity contribution in [1.82, 2.24) is 10.2 Å². The minimum Gasteiger partial charge on any atom is -0.497 e. The van der Waals surface area contributed by atoms with E-state index in [4.69, 9.17) is 9.47 Å². The van der Waals surface area contributed by atoms with Gasteiger partial charge >= 0.3 is 5.97 Å². The average molecular weight is 337 g/mol. The zero-order valence-electron chi connectivity index (χ0n) is 14.1. The largest absolute Gasteiger partial charge is 0.497 e. The number of hydrogen-bond acceptors (Lipinski definition) is 5. The van der Waals surface area contributed by atoms with Gasteiger partial charge in [-0.05, 0) is 55.0 Å². The lowest BCUT2D eigenvalue weighted by Crippen LogP contribution is -2.04. The number of H-pyrrole nitrogens is 1. The summed E-state index contributed by atoms with van der Waals surface area (Å²) in [5.41, 5.74) is 3.14. The summed E-state index contributed by atoms with van der Waals surface area (Å²) in [6, 6.07) is 16.7. The number of rotatable bonds is 6. The van der Waals surface area contributed by atoms with Gasteiger partial charge in [-0.3, -0.25) is 5.10 Å². The van der Waals surface area contributed by atoms with Crippen LogP contribution in [0.2, 0.25) is 0 Å². The molecule has 0 unspecified atom stereocenters. The third kappa shape index (κ3) is 3.98. The molecule has 6 nitrogen and oxygen atoms in total. The van der Waals surface area contributed by atoms with Crippen molar-refractivity contribution in [2.45, 2.75) is 6.92 Å². The van der Waals surface area contributed by atoms with Crippen molar-refractivity contribution in [3.63, 3.8) is 0 Å². The SMILES string of the molecule is CCOC(=O)c1cccc(Nc2cc(-c3ccc(OC)cc3)[nH]n2)c1. The van der Waals surface area contributed by atoms with E-state index < -0.39 is 0 Å². The number of hydrogen-bond donors (Lipinski definition) is 2. The van der Waals surface area contributed by atoms with Gasteiger partial charge in [-0.2, -0.15) is 5.10 Å². The van der Waals surface area contributed by atoms with Crippen molar-refractivity contribution >= 4 is 17.5 Å². The number of anilines is 2. The second kappa shape index (κ2) is 7.53. The van der Waals surface area contributed by atoms with Crippen LogP contribution in [0, 0.1) is 0 Å². The molecule has 0 amide bonds. The summed E-state index contributed by atoms with van der Waals surface area (Å²) in [5, 5.41) is 10.4. The van der Waals surface area contributed by atoms with E-state index in [1.165, 1.54) is 0 Å². The van der Waals surface area contributed by atoms with E-state index in [1.807, 2.05) is 36.4 Å². The molecule has 1 heterocycles. The summed E-state index contributed by atoms with van der Waals surface area (Å²) < 4.78 is 10.2. The highest BCUT2D eigenvalue weighted by molar-refractivity contribution is 5.90. The number of ether oxygens (including phenoxy) is 2. The zero-order valence-corrected chi connectivity index (χ0v) is 14.1. The highest BCUT2D eigenvalue weighted by atomic mass is 16.5. The van der Waals surface area contributed by atoms with Crippen LogP contribution in [0.15, 0.2) is 54.6 Å².